The molecule has 0 bridgehead atoms. The molecule has 1 amide bonds. The van der Waals surface area contributed by atoms with Crippen LogP contribution in [0.2, 0.25) is 5.02 Å². The third kappa shape index (κ3) is 6.13. The van der Waals surface area contributed by atoms with Crippen LogP contribution < -0.4 is 10.9 Å². The minimum Gasteiger partial charge on any atom is -0.297 e. The van der Waals surface area contributed by atoms with E-state index in [2.05, 4.69) is 10.9 Å². The molecule has 9 heteroatoms. The van der Waals surface area contributed by atoms with Gasteiger partial charge in [-0.3, -0.25) is 30.7 Å². The molecule has 144 valence electrons. The highest BCUT2D eigenvalue weighted by Gasteiger charge is 2.16. The molecule has 2 N–H and O–H groups in total. The number of carbonyl (C=O) groups is 1. The number of nitrogens with one attached hydrogen (secondary N) is 2. The number of amides is 1. The molecule has 0 aliphatic heterocycles. The molecular weight excluding hydrogens is 388 g/mol. The number of likely N-dealkylation sites (N-methyl/N-ethyl adjacent to an activating group) is 1. The summed E-state index contributed by atoms with van der Waals surface area (Å²) in [4.78, 5) is 26.1. The number of carbonyl (C=O) groups excluding carboxylic acids is 1. The molecule has 0 saturated heterocycles. The molecule has 0 heterocycles. The van der Waals surface area contributed by atoms with Crippen LogP contribution in [-0.2, 0) is 4.79 Å². The lowest BCUT2D eigenvalue weighted by molar-refractivity contribution is -0.387. The van der Waals surface area contributed by atoms with Crippen LogP contribution >= 0.6 is 23.4 Å². The van der Waals surface area contributed by atoms with Crippen molar-refractivity contribution in [1.29, 1.82) is 0 Å². The Balaban J connectivity index is 2.16. The number of anilines is 1. The zero-order valence-electron chi connectivity index (χ0n) is 15.1. The molecular formula is C18H21ClN4O3S. The number of hydrogen-bond donors (Lipinski definition) is 2. The van der Waals surface area contributed by atoms with Gasteiger partial charge in [0.25, 0.3) is 11.6 Å². The van der Waals surface area contributed by atoms with Crippen LogP contribution in [0, 0.1) is 10.1 Å². The number of hydrazine groups is 1. The number of halogens is 1. The molecule has 0 unspecified atom stereocenters. The van der Waals surface area contributed by atoms with E-state index in [4.69, 9.17) is 11.6 Å². The Morgan fingerprint density at radius 2 is 1.89 bits per heavy atom. The molecule has 0 spiro atoms. The van der Waals surface area contributed by atoms with Gasteiger partial charge in [0.1, 0.15) is 0 Å². The van der Waals surface area contributed by atoms with E-state index in [0.29, 0.717) is 20.5 Å². The molecule has 0 aliphatic rings. The SMILES string of the molecule is CCN(CC)CC(=O)NNc1cc(Cl)ccc1Sc1ccccc1[N+](=O)[O-]. The molecule has 0 radical (unpaired) electrons. The lowest BCUT2D eigenvalue weighted by atomic mass is 10.3. The smallest absolute Gasteiger partial charge is 0.283 e. The summed E-state index contributed by atoms with van der Waals surface area (Å²) in [6.45, 7) is 5.80. The van der Waals surface area contributed by atoms with Crippen LogP contribution in [0.25, 0.3) is 0 Å². The summed E-state index contributed by atoms with van der Waals surface area (Å²) in [6, 6.07) is 11.6. The maximum atomic E-state index is 12.1. The largest absolute Gasteiger partial charge is 0.297 e. The third-order valence-electron chi connectivity index (χ3n) is 3.82. The highest BCUT2D eigenvalue weighted by atomic mass is 35.5. The van der Waals surface area contributed by atoms with E-state index in [9.17, 15) is 14.9 Å². The summed E-state index contributed by atoms with van der Waals surface area (Å²) in [6.07, 6.45) is 0. The molecule has 0 aliphatic carbocycles. The second kappa shape index (κ2) is 10.1. The van der Waals surface area contributed by atoms with E-state index in [-0.39, 0.29) is 18.1 Å². The van der Waals surface area contributed by atoms with Gasteiger partial charge in [0.15, 0.2) is 0 Å². The van der Waals surface area contributed by atoms with Gasteiger partial charge in [-0.05, 0) is 37.4 Å². The first-order chi connectivity index (χ1) is 12.9. The van der Waals surface area contributed by atoms with E-state index in [1.165, 1.54) is 17.8 Å². The summed E-state index contributed by atoms with van der Waals surface area (Å²) in [5.41, 5.74) is 6.12. The quantitative estimate of drug-likeness (QED) is 0.478. The van der Waals surface area contributed by atoms with Gasteiger partial charge in [0.05, 0.1) is 22.1 Å². The third-order valence-corrected chi connectivity index (χ3v) is 5.20. The maximum Gasteiger partial charge on any atom is 0.283 e. The van der Waals surface area contributed by atoms with Crippen molar-refractivity contribution in [3.8, 4) is 0 Å². The highest BCUT2D eigenvalue weighted by molar-refractivity contribution is 7.99. The molecule has 2 aromatic carbocycles. The van der Waals surface area contributed by atoms with Crippen molar-refractivity contribution in [3.63, 3.8) is 0 Å². The Morgan fingerprint density at radius 3 is 2.56 bits per heavy atom. The zero-order valence-corrected chi connectivity index (χ0v) is 16.6. The number of nitro benzene ring substituents is 1. The lowest BCUT2D eigenvalue weighted by Gasteiger charge is -2.18. The topological polar surface area (TPSA) is 87.5 Å². The van der Waals surface area contributed by atoms with Gasteiger partial charge in [0.2, 0.25) is 0 Å². The van der Waals surface area contributed by atoms with Crippen LogP contribution in [0.3, 0.4) is 0 Å². The molecule has 2 rings (SSSR count). The second-order valence-electron chi connectivity index (χ2n) is 5.60. The Kier molecular flexibility index (Phi) is 7.90. The van der Waals surface area contributed by atoms with Gasteiger partial charge in [-0.25, -0.2) is 0 Å². The van der Waals surface area contributed by atoms with E-state index in [0.717, 1.165) is 13.1 Å². The molecule has 2 aromatic rings. The molecule has 0 aromatic heterocycles. The van der Waals surface area contributed by atoms with E-state index in [1.54, 1.807) is 36.4 Å². The number of benzene rings is 2. The first kappa shape index (κ1) is 21.0. The molecule has 0 fully saturated rings. The van der Waals surface area contributed by atoms with Crippen molar-refractivity contribution in [3.05, 3.63) is 57.6 Å². The predicted molar refractivity (Wildman–Crippen MR) is 108 cm³/mol. The van der Waals surface area contributed by atoms with Crippen molar-refractivity contribution in [1.82, 2.24) is 10.3 Å². The predicted octanol–water partition coefficient (Wildman–Crippen LogP) is 4.18. The molecule has 7 nitrogen and oxygen atoms in total. The van der Waals surface area contributed by atoms with Crippen LogP contribution in [0.4, 0.5) is 11.4 Å². The summed E-state index contributed by atoms with van der Waals surface area (Å²) in [7, 11) is 0. The van der Waals surface area contributed by atoms with Crippen molar-refractivity contribution >= 4 is 40.6 Å². The van der Waals surface area contributed by atoms with Gasteiger partial charge in [-0.2, -0.15) is 0 Å². The van der Waals surface area contributed by atoms with Gasteiger partial charge in [0, 0.05) is 16.0 Å². The minimum absolute atomic E-state index is 0.0222. The standard InChI is InChI=1S/C18H21ClN4O3S/c1-3-22(4-2)12-18(24)21-20-14-11-13(19)9-10-16(14)27-17-8-6-5-7-15(17)23(25)26/h5-11,20H,3-4,12H2,1-2H3,(H,21,24). The Morgan fingerprint density at radius 1 is 1.19 bits per heavy atom. The van der Waals surface area contributed by atoms with E-state index < -0.39 is 4.92 Å². The average Bonchev–Trinajstić information content (AvgIpc) is 2.66. The normalized spacial score (nSPS) is 10.7. The van der Waals surface area contributed by atoms with Crippen molar-refractivity contribution in [2.75, 3.05) is 25.1 Å². The number of nitrogens with zero attached hydrogens (tertiary/aromatic N) is 2. The summed E-state index contributed by atoms with van der Waals surface area (Å²) in [5.74, 6) is -0.180. The van der Waals surface area contributed by atoms with Crippen molar-refractivity contribution in [2.24, 2.45) is 0 Å². The van der Waals surface area contributed by atoms with Gasteiger partial charge < -0.3 is 0 Å². The monoisotopic (exact) mass is 408 g/mol. The molecule has 27 heavy (non-hydrogen) atoms. The average molecular weight is 409 g/mol. The zero-order chi connectivity index (χ0) is 19.8. The van der Waals surface area contributed by atoms with Crippen LogP contribution in [-0.4, -0.2) is 35.4 Å². The van der Waals surface area contributed by atoms with Gasteiger partial charge in [-0.15, -0.1) is 0 Å². The Labute approximate surface area is 167 Å². The fraction of sp³-hybridized carbons (Fsp3) is 0.278. The number of hydrogen-bond acceptors (Lipinski definition) is 6. The first-order valence-electron chi connectivity index (χ1n) is 8.42. The van der Waals surface area contributed by atoms with Gasteiger partial charge in [-0.1, -0.05) is 49.3 Å². The summed E-state index contributed by atoms with van der Waals surface area (Å²) >= 11 is 7.30. The molecule has 0 atom stereocenters. The lowest BCUT2D eigenvalue weighted by Crippen LogP contribution is -2.39. The number of nitro groups is 1. The number of para-hydroxylation sites is 1. The van der Waals surface area contributed by atoms with Crippen LogP contribution in [0.1, 0.15) is 13.8 Å². The summed E-state index contributed by atoms with van der Waals surface area (Å²) in [5, 5.41) is 11.7. The van der Waals surface area contributed by atoms with E-state index in [1.807, 2.05) is 18.7 Å². The van der Waals surface area contributed by atoms with E-state index >= 15 is 0 Å². The fourth-order valence-corrected chi connectivity index (χ4v) is 3.49. The van der Waals surface area contributed by atoms with Gasteiger partial charge >= 0.3 is 0 Å². The summed E-state index contributed by atoms with van der Waals surface area (Å²) < 4.78 is 0. The fourth-order valence-electron chi connectivity index (χ4n) is 2.33. The Hall–Kier alpha value is -2.29. The van der Waals surface area contributed by atoms with Crippen molar-refractivity contribution < 1.29 is 9.72 Å². The maximum absolute atomic E-state index is 12.1. The van der Waals surface area contributed by atoms with Crippen LogP contribution in [0.15, 0.2) is 52.3 Å². The van der Waals surface area contributed by atoms with Crippen molar-refractivity contribution in [2.45, 2.75) is 23.6 Å². The number of rotatable bonds is 9. The van der Waals surface area contributed by atoms with Crippen LogP contribution in [0.5, 0.6) is 0 Å². The molecule has 0 saturated carbocycles. The minimum atomic E-state index is -0.419. The Bertz CT molecular complexity index is 815. The highest BCUT2D eigenvalue weighted by Crippen LogP contribution is 2.38. The second-order valence-corrected chi connectivity index (χ2v) is 7.12. The first-order valence-corrected chi connectivity index (χ1v) is 9.62.